The highest BCUT2D eigenvalue weighted by atomic mass is 35.5. The first-order valence-corrected chi connectivity index (χ1v) is 7.01. The van der Waals surface area contributed by atoms with Gasteiger partial charge in [0.2, 0.25) is 0 Å². The number of hydrogen-bond donors (Lipinski definition) is 2. The molecule has 1 aromatic carbocycles. The van der Waals surface area contributed by atoms with Gasteiger partial charge in [0.15, 0.2) is 0 Å². The molecule has 2 N–H and O–H groups in total. The summed E-state index contributed by atoms with van der Waals surface area (Å²) in [6.07, 6.45) is 4.00. The van der Waals surface area contributed by atoms with Gasteiger partial charge in [-0.3, -0.25) is 4.79 Å². The van der Waals surface area contributed by atoms with Gasteiger partial charge >= 0.3 is 0 Å². The highest BCUT2D eigenvalue weighted by molar-refractivity contribution is 6.30. The molecule has 5 heteroatoms. The molecule has 1 amide bonds. The highest BCUT2D eigenvalue weighted by Crippen LogP contribution is 2.09. The van der Waals surface area contributed by atoms with Crippen LogP contribution in [0.15, 0.2) is 24.3 Å². The molecule has 1 saturated heterocycles. The third-order valence-corrected chi connectivity index (χ3v) is 3.68. The van der Waals surface area contributed by atoms with Crippen molar-refractivity contribution in [3.8, 4) is 0 Å². The van der Waals surface area contributed by atoms with E-state index in [4.69, 9.17) is 11.6 Å². The van der Waals surface area contributed by atoms with E-state index in [-0.39, 0.29) is 18.3 Å². The van der Waals surface area contributed by atoms with Crippen LogP contribution in [0.2, 0.25) is 5.02 Å². The molecule has 0 bridgehead atoms. The van der Waals surface area contributed by atoms with Crippen LogP contribution in [0.3, 0.4) is 0 Å². The van der Waals surface area contributed by atoms with E-state index < -0.39 is 0 Å². The molecule has 0 saturated carbocycles. The summed E-state index contributed by atoms with van der Waals surface area (Å²) in [6, 6.07) is 7.00. The first-order valence-electron chi connectivity index (χ1n) is 6.63. The third kappa shape index (κ3) is 5.39. The molecule has 0 spiro atoms. The Balaban J connectivity index is 0.00000180. The SMILES string of the molecule is O=C(NCC[NH+]1CCCCC1)c1ccc(Cl)cc1.[Cl-]. The largest absolute Gasteiger partial charge is 1.00 e. The van der Waals surface area contributed by atoms with Crippen molar-refractivity contribution in [3.05, 3.63) is 34.9 Å². The molecular weight excluding hydrogens is 283 g/mol. The fourth-order valence-electron chi connectivity index (χ4n) is 2.36. The Morgan fingerprint density at radius 2 is 1.79 bits per heavy atom. The Kier molecular flexibility index (Phi) is 7.21. The Morgan fingerprint density at radius 3 is 2.42 bits per heavy atom. The van der Waals surface area contributed by atoms with Gasteiger partial charge in [0.25, 0.3) is 5.91 Å². The van der Waals surface area contributed by atoms with Gasteiger partial charge in [0, 0.05) is 10.6 Å². The Bertz CT molecular complexity index is 389. The van der Waals surface area contributed by atoms with E-state index in [1.54, 1.807) is 29.2 Å². The fraction of sp³-hybridized carbons (Fsp3) is 0.500. The molecule has 1 aromatic rings. The summed E-state index contributed by atoms with van der Waals surface area (Å²) < 4.78 is 0. The topological polar surface area (TPSA) is 33.5 Å². The second-order valence-electron chi connectivity index (χ2n) is 4.82. The lowest BCUT2D eigenvalue weighted by atomic mass is 10.1. The van der Waals surface area contributed by atoms with Crippen LogP contribution in [0.4, 0.5) is 0 Å². The highest BCUT2D eigenvalue weighted by Gasteiger charge is 2.13. The number of quaternary nitrogens is 1. The smallest absolute Gasteiger partial charge is 0.251 e. The molecule has 1 heterocycles. The third-order valence-electron chi connectivity index (χ3n) is 3.43. The fourth-order valence-corrected chi connectivity index (χ4v) is 2.48. The summed E-state index contributed by atoms with van der Waals surface area (Å²) >= 11 is 5.79. The van der Waals surface area contributed by atoms with Gasteiger partial charge < -0.3 is 22.6 Å². The van der Waals surface area contributed by atoms with Crippen LogP contribution in [0.1, 0.15) is 29.6 Å². The number of piperidine rings is 1. The Morgan fingerprint density at radius 1 is 1.16 bits per heavy atom. The van der Waals surface area contributed by atoms with Crippen LogP contribution in [-0.4, -0.2) is 32.1 Å². The lowest BCUT2D eigenvalue weighted by Crippen LogP contribution is -3.13. The number of nitrogens with one attached hydrogen (secondary N) is 2. The van der Waals surface area contributed by atoms with Gasteiger partial charge in [-0.15, -0.1) is 0 Å². The minimum absolute atomic E-state index is 0. The molecular formula is C14H20Cl2N2O. The van der Waals surface area contributed by atoms with E-state index in [9.17, 15) is 4.79 Å². The summed E-state index contributed by atoms with van der Waals surface area (Å²) in [6.45, 7) is 4.27. The lowest BCUT2D eigenvalue weighted by molar-refractivity contribution is -0.903. The van der Waals surface area contributed by atoms with Crippen molar-refractivity contribution in [1.29, 1.82) is 0 Å². The zero-order chi connectivity index (χ0) is 12.8. The van der Waals surface area contributed by atoms with Crippen LogP contribution in [-0.2, 0) is 0 Å². The first kappa shape index (κ1) is 16.3. The molecule has 1 aliphatic heterocycles. The van der Waals surface area contributed by atoms with Crippen molar-refractivity contribution in [2.24, 2.45) is 0 Å². The normalized spacial score (nSPS) is 15.6. The molecule has 19 heavy (non-hydrogen) atoms. The van der Waals surface area contributed by atoms with Crippen molar-refractivity contribution in [2.75, 3.05) is 26.2 Å². The first-order chi connectivity index (χ1) is 8.75. The number of benzene rings is 1. The molecule has 0 aliphatic carbocycles. The van der Waals surface area contributed by atoms with Gasteiger partial charge in [-0.25, -0.2) is 0 Å². The molecule has 1 aliphatic rings. The van der Waals surface area contributed by atoms with Gasteiger partial charge in [-0.05, 0) is 43.5 Å². The minimum Gasteiger partial charge on any atom is -1.00 e. The number of carbonyl (C=O) groups excluding carboxylic acids is 1. The molecule has 106 valence electrons. The maximum Gasteiger partial charge on any atom is 0.251 e. The van der Waals surface area contributed by atoms with E-state index >= 15 is 0 Å². The van der Waals surface area contributed by atoms with Crippen LogP contribution in [0.5, 0.6) is 0 Å². The van der Waals surface area contributed by atoms with E-state index in [0.29, 0.717) is 10.6 Å². The quantitative estimate of drug-likeness (QED) is 0.672. The van der Waals surface area contributed by atoms with Crippen LogP contribution in [0, 0.1) is 0 Å². The average molecular weight is 303 g/mol. The Hall–Kier alpha value is -0.770. The molecule has 1 fully saturated rings. The minimum atomic E-state index is -0.0110. The van der Waals surface area contributed by atoms with Crippen molar-refractivity contribution < 1.29 is 22.1 Å². The van der Waals surface area contributed by atoms with Crippen molar-refractivity contribution in [3.63, 3.8) is 0 Å². The van der Waals surface area contributed by atoms with E-state index in [1.165, 1.54) is 32.4 Å². The Labute approximate surface area is 125 Å². The maximum absolute atomic E-state index is 11.8. The van der Waals surface area contributed by atoms with Crippen molar-refractivity contribution >= 4 is 17.5 Å². The second-order valence-corrected chi connectivity index (χ2v) is 5.26. The zero-order valence-corrected chi connectivity index (χ0v) is 12.4. The monoisotopic (exact) mass is 302 g/mol. The van der Waals surface area contributed by atoms with Crippen LogP contribution < -0.4 is 22.6 Å². The van der Waals surface area contributed by atoms with Crippen LogP contribution >= 0.6 is 11.6 Å². The van der Waals surface area contributed by atoms with E-state index in [0.717, 1.165) is 13.1 Å². The van der Waals surface area contributed by atoms with Gasteiger partial charge in [-0.2, -0.15) is 0 Å². The molecule has 0 radical (unpaired) electrons. The van der Waals surface area contributed by atoms with Gasteiger partial charge in [-0.1, -0.05) is 11.6 Å². The summed E-state index contributed by atoms with van der Waals surface area (Å²) in [4.78, 5) is 13.4. The summed E-state index contributed by atoms with van der Waals surface area (Å²) in [7, 11) is 0. The average Bonchev–Trinajstić information content (AvgIpc) is 2.40. The lowest BCUT2D eigenvalue weighted by Gasteiger charge is -2.23. The predicted molar refractivity (Wildman–Crippen MR) is 73.2 cm³/mol. The standard InChI is InChI=1S/C14H19ClN2O.ClH/c15-13-6-4-12(5-7-13)14(18)16-8-11-17-9-2-1-3-10-17;/h4-7H,1-3,8-11H2,(H,16,18);1H. The van der Waals surface area contributed by atoms with Crippen molar-refractivity contribution in [2.45, 2.75) is 19.3 Å². The zero-order valence-electron chi connectivity index (χ0n) is 10.9. The molecule has 0 atom stereocenters. The molecule has 0 aromatic heterocycles. The van der Waals surface area contributed by atoms with Gasteiger partial charge in [0.05, 0.1) is 26.2 Å². The molecule has 2 rings (SSSR count). The van der Waals surface area contributed by atoms with E-state index in [1.807, 2.05) is 0 Å². The number of hydrogen-bond acceptors (Lipinski definition) is 1. The number of amides is 1. The predicted octanol–water partition coefficient (Wildman–Crippen LogP) is -1.86. The summed E-state index contributed by atoms with van der Waals surface area (Å²) in [5, 5.41) is 3.62. The molecule has 3 nitrogen and oxygen atoms in total. The number of carbonyl (C=O) groups is 1. The molecule has 0 unspecified atom stereocenters. The number of rotatable bonds is 4. The number of halogens is 2. The number of likely N-dealkylation sites (tertiary alicyclic amines) is 1. The summed E-state index contributed by atoms with van der Waals surface area (Å²) in [5.74, 6) is -0.0110. The van der Waals surface area contributed by atoms with E-state index in [2.05, 4.69) is 5.32 Å². The van der Waals surface area contributed by atoms with Crippen molar-refractivity contribution in [1.82, 2.24) is 5.32 Å². The van der Waals surface area contributed by atoms with Crippen LogP contribution in [0.25, 0.3) is 0 Å². The maximum atomic E-state index is 11.8. The van der Waals surface area contributed by atoms with Gasteiger partial charge in [0.1, 0.15) is 0 Å². The summed E-state index contributed by atoms with van der Waals surface area (Å²) in [5.41, 5.74) is 0.674. The second kappa shape index (κ2) is 8.41.